The van der Waals surface area contributed by atoms with E-state index in [0.717, 1.165) is 0 Å². The molecule has 0 aromatic heterocycles. The number of hydrogen-bond acceptors (Lipinski definition) is 4. The molecule has 0 aliphatic heterocycles. The third-order valence-electron chi connectivity index (χ3n) is 3.31. The molecule has 2 rings (SSSR count). The van der Waals surface area contributed by atoms with Crippen LogP contribution in [0.5, 0.6) is 11.5 Å². The summed E-state index contributed by atoms with van der Waals surface area (Å²) >= 11 is 3.29. The molecule has 0 bridgehead atoms. The highest BCUT2D eigenvalue weighted by molar-refractivity contribution is 9.10. The second kappa shape index (κ2) is 8.68. The van der Waals surface area contributed by atoms with Gasteiger partial charge in [0.25, 0.3) is 0 Å². The van der Waals surface area contributed by atoms with Crippen LogP contribution in [0, 0.1) is 5.82 Å². The lowest BCUT2D eigenvalue weighted by atomic mass is 10.1. The summed E-state index contributed by atoms with van der Waals surface area (Å²) in [6.45, 7) is 2.32. The molecule has 0 saturated heterocycles. The molecule has 6 heteroatoms. The number of phenols is 1. The maximum absolute atomic E-state index is 14.2. The summed E-state index contributed by atoms with van der Waals surface area (Å²) in [5.74, 6) is -0.574. The smallest absolute Gasteiger partial charge is 0.305 e. The lowest BCUT2D eigenvalue weighted by molar-refractivity contribution is -0.143. The van der Waals surface area contributed by atoms with Crippen molar-refractivity contribution in [1.29, 1.82) is 0 Å². The molecule has 0 atom stereocenters. The van der Waals surface area contributed by atoms with Gasteiger partial charge in [-0.1, -0.05) is 18.2 Å². The number of benzene rings is 2. The van der Waals surface area contributed by atoms with E-state index in [0.29, 0.717) is 28.6 Å². The van der Waals surface area contributed by atoms with Crippen molar-refractivity contribution in [2.75, 3.05) is 13.2 Å². The highest BCUT2D eigenvalue weighted by Gasteiger charge is 2.11. The van der Waals surface area contributed by atoms with Gasteiger partial charge in [-0.05, 0) is 58.6 Å². The zero-order valence-electron chi connectivity index (χ0n) is 13.2. The predicted octanol–water partition coefficient (Wildman–Crippen LogP) is 4.68. The molecule has 24 heavy (non-hydrogen) atoms. The van der Waals surface area contributed by atoms with Crippen molar-refractivity contribution in [2.24, 2.45) is 0 Å². The number of carbonyl (C=O) groups excluding carboxylic acids is 1. The van der Waals surface area contributed by atoms with Crippen LogP contribution in [0.2, 0.25) is 0 Å². The molecule has 128 valence electrons. The third-order valence-corrected chi connectivity index (χ3v) is 4.14. The lowest BCUT2D eigenvalue weighted by Gasteiger charge is -2.10. The summed E-state index contributed by atoms with van der Waals surface area (Å²) < 4.78 is 24.9. The average molecular weight is 397 g/mol. The summed E-state index contributed by atoms with van der Waals surface area (Å²) in [6.07, 6.45) is 0.696. The van der Waals surface area contributed by atoms with Crippen LogP contribution in [-0.2, 0) is 9.53 Å². The standard InChI is InChI=1S/C18H18BrFO4/c1-2-23-17(22)7-4-10-24-16-9-8-12(11-14(16)20)13-5-3-6-15(21)18(13)19/h3,5-6,8-9,11,21H,2,4,7,10H2,1H3. The molecular formula is C18H18BrFO4. The molecule has 1 N–H and O–H groups in total. The van der Waals surface area contributed by atoms with Gasteiger partial charge >= 0.3 is 5.97 Å². The number of phenolic OH excluding ortho intramolecular Hbond substituents is 1. The Kier molecular flexibility index (Phi) is 6.61. The summed E-state index contributed by atoms with van der Waals surface area (Å²) in [7, 11) is 0. The van der Waals surface area contributed by atoms with Crippen LogP contribution in [0.15, 0.2) is 40.9 Å². The summed E-state index contributed by atoms with van der Waals surface area (Å²) in [4.78, 5) is 11.2. The highest BCUT2D eigenvalue weighted by atomic mass is 79.9. The number of rotatable bonds is 7. The molecule has 2 aromatic rings. The van der Waals surface area contributed by atoms with Crippen LogP contribution >= 0.6 is 15.9 Å². The minimum absolute atomic E-state index is 0.0900. The van der Waals surface area contributed by atoms with Gasteiger partial charge in [0, 0.05) is 6.42 Å². The van der Waals surface area contributed by atoms with Crippen molar-refractivity contribution < 1.29 is 23.8 Å². The Hall–Kier alpha value is -2.08. The lowest BCUT2D eigenvalue weighted by Crippen LogP contribution is -2.07. The van der Waals surface area contributed by atoms with E-state index in [1.165, 1.54) is 12.1 Å². The van der Waals surface area contributed by atoms with Gasteiger partial charge in [-0.25, -0.2) is 4.39 Å². The number of hydrogen-bond donors (Lipinski definition) is 1. The second-order valence-corrected chi connectivity index (χ2v) is 5.83. The molecule has 0 amide bonds. The van der Waals surface area contributed by atoms with Gasteiger partial charge in [-0.2, -0.15) is 0 Å². The largest absolute Gasteiger partial charge is 0.507 e. The molecule has 0 radical (unpaired) electrons. The number of aromatic hydroxyl groups is 1. The van der Waals surface area contributed by atoms with Gasteiger partial charge in [0.2, 0.25) is 0 Å². The topological polar surface area (TPSA) is 55.8 Å². The van der Waals surface area contributed by atoms with Crippen LogP contribution in [0.1, 0.15) is 19.8 Å². The first kappa shape index (κ1) is 18.3. The zero-order chi connectivity index (χ0) is 17.5. The van der Waals surface area contributed by atoms with E-state index < -0.39 is 5.82 Å². The molecule has 0 saturated carbocycles. The SMILES string of the molecule is CCOC(=O)CCCOc1ccc(-c2cccc(O)c2Br)cc1F. The van der Waals surface area contributed by atoms with Gasteiger partial charge in [-0.3, -0.25) is 4.79 Å². The minimum atomic E-state index is -0.501. The number of carbonyl (C=O) groups is 1. The zero-order valence-corrected chi connectivity index (χ0v) is 14.8. The highest BCUT2D eigenvalue weighted by Crippen LogP contribution is 2.36. The van der Waals surface area contributed by atoms with Crippen molar-refractivity contribution in [3.8, 4) is 22.6 Å². The average Bonchev–Trinajstić information content (AvgIpc) is 2.55. The summed E-state index contributed by atoms with van der Waals surface area (Å²) in [5, 5.41) is 9.71. The first-order chi connectivity index (χ1) is 11.5. The van der Waals surface area contributed by atoms with Crippen molar-refractivity contribution in [1.82, 2.24) is 0 Å². The minimum Gasteiger partial charge on any atom is -0.507 e. The van der Waals surface area contributed by atoms with Gasteiger partial charge in [0.15, 0.2) is 11.6 Å². The van der Waals surface area contributed by atoms with Gasteiger partial charge in [-0.15, -0.1) is 0 Å². The molecular weight excluding hydrogens is 379 g/mol. The Morgan fingerprint density at radius 1 is 1.29 bits per heavy atom. The molecule has 0 spiro atoms. The van der Waals surface area contributed by atoms with E-state index in [9.17, 15) is 14.3 Å². The Bertz CT molecular complexity index is 718. The van der Waals surface area contributed by atoms with E-state index in [1.54, 1.807) is 31.2 Å². The molecule has 2 aromatic carbocycles. The van der Waals surface area contributed by atoms with Crippen molar-refractivity contribution in [3.05, 3.63) is 46.7 Å². The Balaban J connectivity index is 2.00. The van der Waals surface area contributed by atoms with E-state index in [1.807, 2.05) is 0 Å². The third kappa shape index (κ3) is 4.71. The predicted molar refractivity (Wildman–Crippen MR) is 92.6 cm³/mol. The Morgan fingerprint density at radius 3 is 2.79 bits per heavy atom. The quantitative estimate of drug-likeness (QED) is 0.545. The summed E-state index contributed by atoms with van der Waals surface area (Å²) in [6, 6.07) is 9.60. The fourth-order valence-electron chi connectivity index (χ4n) is 2.16. The second-order valence-electron chi connectivity index (χ2n) is 5.04. The first-order valence-corrected chi connectivity index (χ1v) is 8.38. The van der Waals surface area contributed by atoms with E-state index in [2.05, 4.69) is 15.9 Å². The van der Waals surface area contributed by atoms with Crippen LogP contribution in [0.25, 0.3) is 11.1 Å². The molecule has 4 nitrogen and oxygen atoms in total. The molecule has 0 heterocycles. The normalized spacial score (nSPS) is 10.5. The van der Waals surface area contributed by atoms with Crippen molar-refractivity contribution in [3.63, 3.8) is 0 Å². The van der Waals surface area contributed by atoms with Gasteiger partial charge < -0.3 is 14.6 Å². The van der Waals surface area contributed by atoms with Crippen LogP contribution in [-0.4, -0.2) is 24.3 Å². The fraction of sp³-hybridized carbons (Fsp3) is 0.278. The molecule has 0 unspecified atom stereocenters. The Labute approximate surface area is 148 Å². The van der Waals surface area contributed by atoms with Gasteiger partial charge in [0.1, 0.15) is 5.75 Å². The van der Waals surface area contributed by atoms with Crippen LogP contribution in [0.4, 0.5) is 4.39 Å². The fourth-order valence-corrected chi connectivity index (χ4v) is 2.65. The maximum Gasteiger partial charge on any atom is 0.305 e. The summed E-state index contributed by atoms with van der Waals surface area (Å²) in [5.41, 5.74) is 1.30. The van der Waals surface area contributed by atoms with E-state index >= 15 is 0 Å². The molecule has 0 aliphatic carbocycles. The van der Waals surface area contributed by atoms with E-state index in [4.69, 9.17) is 9.47 Å². The Morgan fingerprint density at radius 2 is 2.08 bits per heavy atom. The van der Waals surface area contributed by atoms with Crippen molar-refractivity contribution in [2.45, 2.75) is 19.8 Å². The van der Waals surface area contributed by atoms with Gasteiger partial charge in [0.05, 0.1) is 17.7 Å². The van der Waals surface area contributed by atoms with Crippen LogP contribution < -0.4 is 4.74 Å². The molecule has 0 aliphatic rings. The monoisotopic (exact) mass is 396 g/mol. The maximum atomic E-state index is 14.2. The van der Waals surface area contributed by atoms with E-state index in [-0.39, 0.29) is 30.5 Å². The van der Waals surface area contributed by atoms with Crippen molar-refractivity contribution >= 4 is 21.9 Å². The number of ether oxygens (including phenoxy) is 2. The number of halogens is 2. The number of esters is 1. The molecule has 0 fully saturated rings. The first-order valence-electron chi connectivity index (χ1n) is 7.58. The van der Waals surface area contributed by atoms with Crippen LogP contribution in [0.3, 0.4) is 0 Å².